The average Bonchev–Trinajstić information content (AvgIpc) is 3.17. The number of hydrogen-bond acceptors (Lipinski definition) is 4. The Balaban J connectivity index is 1.81. The van der Waals surface area contributed by atoms with E-state index in [4.69, 9.17) is 4.74 Å². The van der Waals surface area contributed by atoms with Gasteiger partial charge in [-0.1, -0.05) is 54.1 Å². The standard InChI is InChI=1S/C20H17NO3S/c1-14-9-11-16(12-10-14)21-19(22)18(15-6-3-2-4-7-15)24-20(23)17-8-5-13-25-17/h2-13,18H,1H3,(H,21,22)/t18-/m1/s1. The van der Waals surface area contributed by atoms with Crippen LogP contribution in [0.5, 0.6) is 0 Å². The van der Waals surface area contributed by atoms with Gasteiger partial charge in [0.1, 0.15) is 4.88 Å². The number of thiophene rings is 1. The summed E-state index contributed by atoms with van der Waals surface area (Å²) >= 11 is 1.28. The summed E-state index contributed by atoms with van der Waals surface area (Å²) in [6.07, 6.45) is -1.02. The summed E-state index contributed by atoms with van der Waals surface area (Å²) in [6, 6.07) is 19.9. The second kappa shape index (κ2) is 7.77. The minimum atomic E-state index is -1.02. The van der Waals surface area contributed by atoms with Gasteiger partial charge in [-0.2, -0.15) is 0 Å². The van der Waals surface area contributed by atoms with Crippen molar-refractivity contribution in [2.24, 2.45) is 0 Å². The lowest BCUT2D eigenvalue weighted by Crippen LogP contribution is -2.25. The van der Waals surface area contributed by atoms with Gasteiger partial charge in [0, 0.05) is 11.3 Å². The maximum absolute atomic E-state index is 12.7. The van der Waals surface area contributed by atoms with Crippen molar-refractivity contribution < 1.29 is 14.3 Å². The minimum Gasteiger partial charge on any atom is -0.443 e. The van der Waals surface area contributed by atoms with Crippen LogP contribution in [-0.2, 0) is 9.53 Å². The lowest BCUT2D eigenvalue weighted by molar-refractivity contribution is -0.125. The number of benzene rings is 2. The Labute approximate surface area is 150 Å². The first-order chi connectivity index (χ1) is 12.1. The van der Waals surface area contributed by atoms with Gasteiger partial charge in [0.2, 0.25) is 6.10 Å². The Kier molecular flexibility index (Phi) is 5.26. The van der Waals surface area contributed by atoms with E-state index in [9.17, 15) is 9.59 Å². The Hall–Kier alpha value is -2.92. The molecule has 0 aliphatic heterocycles. The number of anilines is 1. The second-order valence-corrected chi connectivity index (χ2v) is 6.48. The summed E-state index contributed by atoms with van der Waals surface area (Å²) in [6.45, 7) is 1.97. The molecule has 0 saturated carbocycles. The van der Waals surface area contributed by atoms with Gasteiger partial charge >= 0.3 is 5.97 Å². The third kappa shape index (κ3) is 4.33. The normalized spacial score (nSPS) is 11.6. The SMILES string of the molecule is Cc1ccc(NC(=O)[C@H](OC(=O)c2cccs2)c2ccccc2)cc1. The van der Waals surface area contributed by atoms with Crippen molar-refractivity contribution in [3.8, 4) is 0 Å². The molecular weight excluding hydrogens is 334 g/mol. The lowest BCUT2D eigenvalue weighted by Gasteiger charge is -2.18. The highest BCUT2D eigenvalue weighted by Crippen LogP contribution is 2.23. The number of esters is 1. The molecule has 1 N–H and O–H groups in total. The number of amides is 1. The van der Waals surface area contributed by atoms with E-state index in [1.54, 1.807) is 41.8 Å². The van der Waals surface area contributed by atoms with E-state index in [0.29, 0.717) is 16.1 Å². The van der Waals surface area contributed by atoms with Gasteiger partial charge in [0.05, 0.1) is 0 Å². The molecule has 0 bridgehead atoms. The van der Waals surface area contributed by atoms with Crippen LogP contribution >= 0.6 is 11.3 Å². The van der Waals surface area contributed by atoms with Crippen LogP contribution in [0.25, 0.3) is 0 Å². The summed E-state index contributed by atoms with van der Waals surface area (Å²) in [7, 11) is 0. The second-order valence-electron chi connectivity index (χ2n) is 5.53. The number of nitrogens with one attached hydrogen (secondary N) is 1. The zero-order valence-corrected chi connectivity index (χ0v) is 14.5. The van der Waals surface area contributed by atoms with Gasteiger partial charge in [0.25, 0.3) is 5.91 Å². The smallest absolute Gasteiger partial charge is 0.349 e. The van der Waals surface area contributed by atoms with Crippen LogP contribution < -0.4 is 5.32 Å². The third-order valence-corrected chi connectivity index (χ3v) is 4.46. The monoisotopic (exact) mass is 351 g/mol. The molecule has 4 nitrogen and oxygen atoms in total. The zero-order valence-electron chi connectivity index (χ0n) is 13.6. The van der Waals surface area contributed by atoms with Crippen LogP contribution in [0.2, 0.25) is 0 Å². The highest BCUT2D eigenvalue weighted by atomic mass is 32.1. The van der Waals surface area contributed by atoms with Crippen LogP contribution in [0.4, 0.5) is 5.69 Å². The molecule has 1 atom stereocenters. The molecule has 1 aromatic heterocycles. The topological polar surface area (TPSA) is 55.4 Å². The Morgan fingerprint density at radius 1 is 0.960 bits per heavy atom. The summed E-state index contributed by atoms with van der Waals surface area (Å²) in [5.74, 6) is -0.900. The van der Waals surface area contributed by atoms with Crippen LogP contribution in [0.3, 0.4) is 0 Å². The molecule has 1 heterocycles. The van der Waals surface area contributed by atoms with Crippen molar-refractivity contribution >= 4 is 28.9 Å². The van der Waals surface area contributed by atoms with Crippen LogP contribution in [0, 0.1) is 6.92 Å². The maximum Gasteiger partial charge on any atom is 0.349 e. The molecule has 3 rings (SSSR count). The fourth-order valence-corrected chi connectivity index (χ4v) is 2.91. The van der Waals surface area contributed by atoms with Crippen molar-refractivity contribution in [2.45, 2.75) is 13.0 Å². The fourth-order valence-electron chi connectivity index (χ4n) is 2.31. The number of carbonyl (C=O) groups excluding carboxylic acids is 2. The molecule has 0 aliphatic rings. The van der Waals surface area contributed by atoms with E-state index >= 15 is 0 Å². The highest BCUT2D eigenvalue weighted by Gasteiger charge is 2.26. The molecule has 0 unspecified atom stereocenters. The van der Waals surface area contributed by atoms with Gasteiger partial charge in [-0.25, -0.2) is 4.79 Å². The van der Waals surface area contributed by atoms with E-state index in [2.05, 4.69) is 5.32 Å². The quantitative estimate of drug-likeness (QED) is 0.684. The van der Waals surface area contributed by atoms with Crippen molar-refractivity contribution in [3.05, 3.63) is 88.1 Å². The van der Waals surface area contributed by atoms with Gasteiger partial charge in [0.15, 0.2) is 0 Å². The van der Waals surface area contributed by atoms with Crippen molar-refractivity contribution in [1.29, 1.82) is 0 Å². The van der Waals surface area contributed by atoms with Gasteiger partial charge in [-0.3, -0.25) is 4.79 Å². The molecular formula is C20H17NO3S. The molecule has 5 heteroatoms. The van der Waals surface area contributed by atoms with Gasteiger partial charge in [-0.05, 0) is 30.5 Å². The van der Waals surface area contributed by atoms with E-state index in [0.717, 1.165) is 5.56 Å². The molecule has 0 spiro atoms. The number of hydrogen-bond donors (Lipinski definition) is 1. The zero-order chi connectivity index (χ0) is 17.6. The molecule has 1 amide bonds. The molecule has 25 heavy (non-hydrogen) atoms. The Morgan fingerprint density at radius 3 is 2.32 bits per heavy atom. The molecule has 2 aromatic carbocycles. The summed E-state index contributed by atoms with van der Waals surface area (Å²) in [4.78, 5) is 25.5. The molecule has 0 radical (unpaired) electrons. The van der Waals surface area contributed by atoms with Crippen molar-refractivity contribution in [1.82, 2.24) is 0 Å². The third-order valence-electron chi connectivity index (χ3n) is 3.61. The first kappa shape index (κ1) is 16.9. The maximum atomic E-state index is 12.7. The molecule has 3 aromatic rings. The predicted octanol–water partition coefficient (Wildman–Crippen LogP) is 4.59. The van der Waals surface area contributed by atoms with E-state index in [1.165, 1.54) is 11.3 Å². The first-order valence-electron chi connectivity index (χ1n) is 7.80. The van der Waals surface area contributed by atoms with Crippen LogP contribution in [0.1, 0.15) is 26.9 Å². The van der Waals surface area contributed by atoms with Gasteiger partial charge in [-0.15, -0.1) is 11.3 Å². The largest absolute Gasteiger partial charge is 0.443 e. The number of ether oxygens (including phenoxy) is 1. The average molecular weight is 351 g/mol. The van der Waals surface area contributed by atoms with Crippen molar-refractivity contribution in [3.63, 3.8) is 0 Å². The minimum absolute atomic E-state index is 0.389. The van der Waals surface area contributed by atoms with E-state index in [-0.39, 0.29) is 5.91 Å². The predicted molar refractivity (Wildman–Crippen MR) is 98.7 cm³/mol. The van der Waals surface area contributed by atoms with E-state index in [1.807, 2.05) is 37.3 Å². The molecule has 0 fully saturated rings. The van der Waals surface area contributed by atoms with Crippen LogP contribution in [0.15, 0.2) is 72.1 Å². The molecule has 0 saturated heterocycles. The van der Waals surface area contributed by atoms with Crippen LogP contribution in [-0.4, -0.2) is 11.9 Å². The number of rotatable bonds is 5. The summed E-state index contributed by atoms with van der Waals surface area (Å²) < 4.78 is 5.50. The number of aryl methyl sites for hydroxylation is 1. The number of carbonyl (C=O) groups is 2. The highest BCUT2D eigenvalue weighted by molar-refractivity contribution is 7.11. The van der Waals surface area contributed by atoms with Gasteiger partial charge < -0.3 is 10.1 Å². The lowest BCUT2D eigenvalue weighted by atomic mass is 10.1. The first-order valence-corrected chi connectivity index (χ1v) is 8.68. The fraction of sp³-hybridized carbons (Fsp3) is 0.100. The van der Waals surface area contributed by atoms with E-state index < -0.39 is 12.1 Å². The summed E-state index contributed by atoms with van der Waals surface area (Å²) in [5, 5.41) is 4.60. The summed E-state index contributed by atoms with van der Waals surface area (Å²) in [5.41, 5.74) is 2.38. The molecule has 0 aliphatic carbocycles. The Morgan fingerprint density at radius 2 is 1.68 bits per heavy atom. The van der Waals surface area contributed by atoms with Crippen molar-refractivity contribution in [2.75, 3.05) is 5.32 Å². The Bertz CT molecular complexity index is 842. The molecule has 126 valence electrons.